The lowest BCUT2D eigenvalue weighted by Crippen LogP contribution is -2.50. The maximum absolute atomic E-state index is 14.4. The van der Waals surface area contributed by atoms with Gasteiger partial charge < -0.3 is 10.8 Å². The van der Waals surface area contributed by atoms with Crippen LogP contribution in [-0.2, 0) is 5.67 Å². The fourth-order valence-electron chi connectivity index (χ4n) is 3.24. The SMILES string of the molecule is Cc1cc(C(F)(C(F)(F)F)C(F)(F)F)cc(C)c1C(N)=CC(=O)c1ccc(Cl)c(C(=O)O)c1. The van der Waals surface area contributed by atoms with Crippen LogP contribution in [0, 0.1) is 13.8 Å². The quantitative estimate of drug-likeness (QED) is 0.296. The lowest BCUT2D eigenvalue weighted by molar-refractivity contribution is -0.348. The molecule has 0 heterocycles. The van der Waals surface area contributed by atoms with Gasteiger partial charge in [0.05, 0.1) is 10.6 Å². The molecule has 0 fully saturated rings. The molecule has 12 heteroatoms. The van der Waals surface area contributed by atoms with Crippen molar-refractivity contribution in [2.45, 2.75) is 31.9 Å². The predicted octanol–water partition coefficient (Wildman–Crippen LogP) is 6.13. The van der Waals surface area contributed by atoms with E-state index in [1.807, 2.05) is 0 Å². The van der Waals surface area contributed by atoms with E-state index < -0.39 is 35.3 Å². The molecule has 0 unspecified atom stereocenters. The van der Waals surface area contributed by atoms with E-state index in [1.165, 1.54) is 6.07 Å². The molecule has 0 aliphatic carbocycles. The number of rotatable bonds is 5. The number of hydrogen-bond donors (Lipinski definition) is 2. The molecule has 0 bridgehead atoms. The summed E-state index contributed by atoms with van der Waals surface area (Å²) in [4.78, 5) is 23.6. The van der Waals surface area contributed by atoms with E-state index in [2.05, 4.69) is 0 Å². The second-order valence-corrected chi connectivity index (χ2v) is 7.51. The van der Waals surface area contributed by atoms with Crippen LogP contribution in [0.3, 0.4) is 0 Å². The van der Waals surface area contributed by atoms with Crippen molar-refractivity contribution < 1.29 is 45.4 Å². The average Bonchev–Trinajstić information content (AvgIpc) is 2.64. The number of allylic oxidation sites excluding steroid dienone is 1. The average molecular weight is 498 g/mol. The molecule has 2 aromatic carbocycles. The Bertz CT molecular complexity index is 1120. The highest BCUT2D eigenvalue weighted by Gasteiger charge is 2.73. The monoisotopic (exact) mass is 497 g/mol. The lowest BCUT2D eigenvalue weighted by atomic mass is 9.88. The number of ketones is 1. The first kappa shape index (κ1) is 26.2. The van der Waals surface area contributed by atoms with Crippen molar-refractivity contribution in [2.24, 2.45) is 5.73 Å². The summed E-state index contributed by atoms with van der Waals surface area (Å²) >= 11 is 5.73. The molecule has 0 aromatic heterocycles. The Labute approximate surface area is 187 Å². The number of aromatic carboxylic acids is 1. The van der Waals surface area contributed by atoms with Crippen LogP contribution in [0.5, 0.6) is 0 Å². The number of carbonyl (C=O) groups excluding carboxylic acids is 1. The van der Waals surface area contributed by atoms with Crippen molar-refractivity contribution in [3.63, 3.8) is 0 Å². The second kappa shape index (κ2) is 8.69. The Hall–Kier alpha value is -3.08. The molecule has 4 nitrogen and oxygen atoms in total. The first-order valence-electron chi connectivity index (χ1n) is 8.90. The molecule has 0 amide bonds. The fourth-order valence-corrected chi connectivity index (χ4v) is 3.44. The van der Waals surface area contributed by atoms with Crippen LogP contribution in [-0.4, -0.2) is 29.2 Å². The van der Waals surface area contributed by atoms with Crippen molar-refractivity contribution in [1.82, 2.24) is 0 Å². The van der Waals surface area contributed by atoms with Gasteiger partial charge in [-0.1, -0.05) is 23.7 Å². The zero-order valence-corrected chi connectivity index (χ0v) is 17.6. The van der Waals surface area contributed by atoms with Gasteiger partial charge in [0.15, 0.2) is 5.78 Å². The summed E-state index contributed by atoms with van der Waals surface area (Å²) in [6.07, 6.45) is -11.7. The maximum Gasteiger partial charge on any atom is 0.435 e. The number of aryl methyl sites for hydroxylation is 2. The minimum absolute atomic E-state index is 0.0776. The second-order valence-electron chi connectivity index (χ2n) is 7.10. The molecule has 33 heavy (non-hydrogen) atoms. The highest BCUT2D eigenvalue weighted by atomic mass is 35.5. The van der Waals surface area contributed by atoms with Gasteiger partial charge in [0.2, 0.25) is 0 Å². The molecule has 0 saturated heterocycles. The van der Waals surface area contributed by atoms with Gasteiger partial charge in [-0.2, -0.15) is 26.3 Å². The Morgan fingerprint density at radius 2 is 1.42 bits per heavy atom. The van der Waals surface area contributed by atoms with E-state index in [-0.39, 0.29) is 38.5 Å². The smallest absolute Gasteiger partial charge is 0.435 e. The van der Waals surface area contributed by atoms with Crippen molar-refractivity contribution >= 4 is 29.1 Å². The molecule has 0 saturated carbocycles. The van der Waals surface area contributed by atoms with Gasteiger partial charge in [0.25, 0.3) is 0 Å². The van der Waals surface area contributed by atoms with Crippen LogP contribution < -0.4 is 5.73 Å². The molecule has 0 aliphatic heterocycles. The standard InChI is InChI=1S/C21H15ClF7NO3/c1-9-5-12(19(23,20(24,25)26)21(27,28)29)6-10(2)17(9)15(30)8-16(31)11-3-4-14(22)13(7-11)18(32)33/h3-8H,30H2,1-2H3,(H,32,33). The Balaban J connectivity index is 2.57. The highest BCUT2D eigenvalue weighted by molar-refractivity contribution is 6.33. The number of halogens is 8. The third-order valence-electron chi connectivity index (χ3n) is 4.77. The third kappa shape index (κ3) is 4.82. The van der Waals surface area contributed by atoms with Crippen LogP contribution in [0.2, 0.25) is 5.02 Å². The number of carboxylic acid groups (broad SMARTS) is 1. The summed E-state index contributed by atoms with van der Waals surface area (Å²) in [7, 11) is 0. The zero-order chi connectivity index (χ0) is 25.5. The van der Waals surface area contributed by atoms with Gasteiger partial charge >= 0.3 is 24.0 Å². The number of alkyl halides is 7. The topological polar surface area (TPSA) is 80.4 Å². The van der Waals surface area contributed by atoms with Gasteiger partial charge in [0, 0.05) is 28.5 Å². The summed E-state index contributed by atoms with van der Waals surface area (Å²) < 4.78 is 92.7. The lowest BCUT2D eigenvalue weighted by Gasteiger charge is -2.31. The zero-order valence-electron chi connectivity index (χ0n) is 16.8. The summed E-state index contributed by atoms with van der Waals surface area (Å²) in [5, 5.41) is 8.95. The van der Waals surface area contributed by atoms with Crippen molar-refractivity contribution in [1.29, 1.82) is 0 Å². The molecule has 2 rings (SSSR count). The van der Waals surface area contributed by atoms with E-state index in [0.717, 1.165) is 32.1 Å². The number of hydrogen-bond acceptors (Lipinski definition) is 3. The molecule has 0 spiro atoms. The number of benzene rings is 2. The Kier molecular flexibility index (Phi) is 6.90. The molecule has 0 atom stereocenters. The number of carboxylic acids is 1. The van der Waals surface area contributed by atoms with E-state index in [1.54, 1.807) is 0 Å². The van der Waals surface area contributed by atoms with Crippen LogP contribution in [0.15, 0.2) is 36.4 Å². The van der Waals surface area contributed by atoms with Gasteiger partial charge in [-0.3, -0.25) is 4.79 Å². The van der Waals surface area contributed by atoms with E-state index in [0.29, 0.717) is 12.1 Å². The highest BCUT2D eigenvalue weighted by Crippen LogP contribution is 2.53. The predicted molar refractivity (Wildman–Crippen MR) is 106 cm³/mol. The van der Waals surface area contributed by atoms with Gasteiger partial charge in [-0.25, -0.2) is 9.18 Å². The Morgan fingerprint density at radius 1 is 0.939 bits per heavy atom. The molecule has 3 N–H and O–H groups in total. The molecular weight excluding hydrogens is 483 g/mol. The maximum atomic E-state index is 14.4. The Morgan fingerprint density at radius 3 is 1.85 bits per heavy atom. The van der Waals surface area contributed by atoms with Crippen LogP contribution >= 0.6 is 11.6 Å². The van der Waals surface area contributed by atoms with Crippen LogP contribution in [0.1, 0.15) is 43.0 Å². The van der Waals surface area contributed by atoms with Crippen molar-refractivity contribution in [2.75, 3.05) is 0 Å². The molecular formula is C21H15ClF7NO3. The molecule has 0 aliphatic rings. The van der Waals surface area contributed by atoms with Gasteiger partial charge in [-0.15, -0.1) is 0 Å². The number of nitrogens with two attached hydrogens (primary N) is 1. The van der Waals surface area contributed by atoms with Gasteiger partial charge in [-0.05, 0) is 43.2 Å². The summed E-state index contributed by atoms with van der Waals surface area (Å²) in [5.74, 6) is -2.21. The minimum Gasteiger partial charge on any atom is -0.478 e. The van der Waals surface area contributed by atoms with Crippen LogP contribution in [0.25, 0.3) is 5.70 Å². The third-order valence-corrected chi connectivity index (χ3v) is 5.10. The summed E-state index contributed by atoms with van der Waals surface area (Å²) in [5.41, 5.74) is -2.85. The first-order valence-corrected chi connectivity index (χ1v) is 9.28. The molecule has 0 radical (unpaired) electrons. The first-order chi connectivity index (χ1) is 14.9. The molecule has 2 aromatic rings. The van der Waals surface area contributed by atoms with Crippen molar-refractivity contribution in [3.05, 3.63) is 74.8 Å². The van der Waals surface area contributed by atoms with Gasteiger partial charge in [0.1, 0.15) is 0 Å². The summed E-state index contributed by atoms with van der Waals surface area (Å²) in [6.45, 7) is 2.21. The largest absolute Gasteiger partial charge is 0.478 e. The molecule has 178 valence electrons. The minimum atomic E-state index is -6.28. The fraction of sp³-hybridized carbons (Fsp3) is 0.238. The van der Waals surface area contributed by atoms with Crippen molar-refractivity contribution in [3.8, 4) is 0 Å². The van der Waals surface area contributed by atoms with Crippen LogP contribution in [0.4, 0.5) is 30.7 Å². The van der Waals surface area contributed by atoms with E-state index in [4.69, 9.17) is 22.4 Å². The summed E-state index contributed by atoms with van der Waals surface area (Å²) in [6, 6.07) is 4.05. The number of carbonyl (C=O) groups is 2. The normalized spacial score (nSPS) is 13.2. The van der Waals surface area contributed by atoms with E-state index >= 15 is 0 Å². The van der Waals surface area contributed by atoms with E-state index in [9.17, 15) is 40.3 Å².